The number of aromatic nitrogens is 2. The fourth-order valence-corrected chi connectivity index (χ4v) is 21.2. The summed E-state index contributed by atoms with van der Waals surface area (Å²) in [5.74, 6) is 1.98. The Morgan fingerprint density at radius 3 is 1.40 bits per heavy atom. The smallest absolute Gasteiger partial charge is 0.262 e. The van der Waals surface area contributed by atoms with Gasteiger partial charge in [0.25, 0.3) is 10.0 Å². The maximum atomic E-state index is 7.60. The van der Waals surface area contributed by atoms with Crippen LogP contribution in [0.1, 0.15) is 101 Å². The fraction of sp³-hybridized carbons (Fsp3) is 0.256. The Labute approximate surface area is 616 Å². The molecule has 0 amide bonds. The quantitative estimate of drug-likeness (QED) is 0.0282. The van der Waals surface area contributed by atoms with Crippen LogP contribution in [-0.2, 0) is 22.6 Å². The molecule has 6 heterocycles. The SMILES string of the molecule is C=CCCN1C(=CC=C2CCCC(C=Cc3sc4ccccc4[n+]3CCC=CC=CCCN3C(=CC=C4CCCC(C=Cc5sc6ccccc6[n+]5CCC=C)=C4OC4(C)Sc5ccccc5N4CCC=C)Sc4ccccc43)=C2OC2(C)Sc3ccccc3N2CC)Sc2ccccc21. The number of nitrogens with zero attached hydrogens (tertiary/aromatic N) is 6. The first kappa shape index (κ1) is 69.0. The number of allylic oxidation sites excluding steroid dienone is 14. The summed E-state index contributed by atoms with van der Waals surface area (Å²) in [6.45, 7) is 24.1. The molecule has 0 fully saturated rings. The molecule has 0 N–H and O–H groups in total. The molecule has 8 nitrogen and oxygen atoms in total. The maximum absolute atomic E-state index is 7.60. The zero-order valence-electron chi connectivity index (χ0n) is 57.6. The molecule has 0 radical (unpaired) electrons. The second-order valence-electron chi connectivity index (χ2n) is 25.7. The molecule has 508 valence electrons. The lowest BCUT2D eigenvalue weighted by molar-refractivity contribution is -0.668. The van der Waals surface area contributed by atoms with Crippen LogP contribution in [0.2, 0.25) is 0 Å². The van der Waals surface area contributed by atoms with Gasteiger partial charge in [0, 0.05) is 96.7 Å². The largest absolute Gasteiger partial charge is 0.458 e. The average Bonchev–Trinajstić information content (AvgIpc) is 1.60. The van der Waals surface area contributed by atoms with Crippen LogP contribution in [0.25, 0.3) is 32.6 Å². The number of aryl methyl sites for hydroxylation is 2. The zero-order chi connectivity index (χ0) is 68.4. The van der Waals surface area contributed by atoms with E-state index in [0.29, 0.717) is 0 Å². The van der Waals surface area contributed by atoms with Crippen molar-refractivity contribution in [2.75, 3.05) is 45.8 Å². The molecular formula is C86H88N6O2S6+2. The van der Waals surface area contributed by atoms with Gasteiger partial charge in [-0.1, -0.05) is 197 Å². The minimum absolute atomic E-state index is 0.619. The topological polar surface area (TPSA) is 39.2 Å². The summed E-state index contributed by atoms with van der Waals surface area (Å²) in [6, 6.07) is 52.7. The Morgan fingerprint density at radius 1 is 0.450 bits per heavy atom. The van der Waals surface area contributed by atoms with Gasteiger partial charge in [-0.05, 0) is 172 Å². The van der Waals surface area contributed by atoms with Gasteiger partial charge in [0.2, 0.25) is 21.1 Å². The van der Waals surface area contributed by atoms with Crippen molar-refractivity contribution in [1.29, 1.82) is 0 Å². The molecule has 6 aromatic carbocycles. The number of hydrogen-bond donors (Lipinski definition) is 0. The molecule has 0 bridgehead atoms. The molecule has 0 saturated carbocycles. The number of rotatable bonds is 27. The fourth-order valence-electron chi connectivity index (χ4n) is 14.2. The predicted molar refractivity (Wildman–Crippen MR) is 431 cm³/mol. The Bertz CT molecular complexity index is 4730. The lowest BCUT2D eigenvalue weighted by Gasteiger charge is -2.38. The summed E-state index contributed by atoms with van der Waals surface area (Å²) in [6.07, 6.45) is 44.3. The van der Waals surface area contributed by atoms with Crippen molar-refractivity contribution in [3.8, 4) is 0 Å². The third-order valence-corrected chi connectivity index (χ3v) is 26.1. The molecule has 4 aliphatic heterocycles. The van der Waals surface area contributed by atoms with E-state index < -0.39 is 10.1 Å². The number of fused-ring (bicyclic) bond motifs is 6. The third kappa shape index (κ3) is 14.8. The van der Waals surface area contributed by atoms with Crippen molar-refractivity contribution in [2.45, 2.75) is 134 Å². The molecule has 100 heavy (non-hydrogen) atoms. The average molecular weight is 1430 g/mol. The number of thioether (sulfide) groups is 4. The first-order valence-corrected chi connectivity index (χ1v) is 40.2. The minimum Gasteiger partial charge on any atom is -0.458 e. The zero-order valence-corrected chi connectivity index (χ0v) is 62.5. The van der Waals surface area contributed by atoms with Gasteiger partial charge in [0.15, 0.2) is 13.1 Å². The van der Waals surface area contributed by atoms with Crippen molar-refractivity contribution >= 4 is 125 Å². The molecule has 2 atom stereocenters. The summed E-state index contributed by atoms with van der Waals surface area (Å²) in [5.41, 5.74) is 12.4. The lowest BCUT2D eigenvalue weighted by Crippen LogP contribution is -2.43. The molecule has 6 aliphatic rings. The number of thiazole rings is 2. The van der Waals surface area contributed by atoms with Crippen molar-refractivity contribution < 1.29 is 18.6 Å². The molecule has 2 aromatic heterocycles. The number of ether oxygens (including phenoxy) is 2. The van der Waals surface area contributed by atoms with E-state index >= 15 is 0 Å². The Hall–Kier alpha value is -8.08. The van der Waals surface area contributed by atoms with E-state index in [1.54, 1.807) is 0 Å². The van der Waals surface area contributed by atoms with Crippen LogP contribution < -0.4 is 28.7 Å². The molecule has 2 aliphatic carbocycles. The molecule has 2 unspecified atom stereocenters. The van der Waals surface area contributed by atoms with E-state index in [9.17, 15) is 0 Å². The highest BCUT2D eigenvalue weighted by Gasteiger charge is 2.46. The van der Waals surface area contributed by atoms with E-state index in [-0.39, 0.29) is 0 Å². The highest BCUT2D eigenvalue weighted by Crippen LogP contribution is 2.55. The standard InChI is InChI=1S/C86H88N6O2S6/c1-7-11-58-87-67-38-18-24-44-73(67)95-79(87)54-50-63-34-32-35-64(83(63)93-85(5)91(10-4)71-42-22-28-48-77(71)99-85)52-56-81-89(69-40-20-26-46-75(69)97-81)60-30-16-14-15-17-31-61-90-70-41-21-27-47-76(70)98-82(90)57-53-66-37-33-36-65(51-55-80-88(59-12-8-2)68-39-19-25-45-74(68)96-80)84(66)94-86(6)92(62-13-9-3)72-43-23-29-49-78(72)100-86/h7-9,14-29,38-57H,1-3,10-13,30-37,58-62H2,4-6H3/q+2. The second kappa shape index (κ2) is 31.9. The summed E-state index contributed by atoms with van der Waals surface area (Å²) < 4.78 is 22.6. The Morgan fingerprint density at radius 2 is 0.880 bits per heavy atom. The molecule has 0 saturated heterocycles. The van der Waals surface area contributed by atoms with Crippen LogP contribution in [0, 0.1) is 0 Å². The summed E-state index contributed by atoms with van der Waals surface area (Å²) >= 11 is 11.0. The Balaban J connectivity index is 0.699. The van der Waals surface area contributed by atoms with Crippen molar-refractivity contribution in [1.82, 2.24) is 0 Å². The first-order chi connectivity index (χ1) is 49.1. The van der Waals surface area contributed by atoms with Crippen molar-refractivity contribution in [2.24, 2.45) is 0 Å². The maximum Gasteiger partial charge on any atom is 0.262 e. The van der Waals surface area contributed by atoms with Crippen LogP contribution in [0.15, 0.2) is 308 Å². The van der Waals surface area contributed by atoms with Crippen LogP contribution in [0.3, 0.4) is 0 Å². The molecular weight excluding hydrogens is 1340 g/mol. The third-order valence-electron chi connectivity index (χ3n) is 19.1. The number of para-hydroxylation sites is 6. The van der Waals surface area contributed by atoms with Crippen LogP contribution in [0.5, 0.6) is 0 Å². The van der Waals surface area contributed by atoms with Gasteiger partial charge in [0.1, 0.15) is 20.9 Å². The van der Waals surface area contributed by atoms with Crippen molar-refractivity contribution in [3.05, 3.63) is 298 Å². The van der Waals surface area contributed by atoms with Gasteiger partial charge in [-0.25, -0.2) is 0 Å². The van der Waals surface area contributed by atoms with Crippen LogP contribution in [-0.4, -0.2) is 36.3 Å². The summed E-state index contributed by atoms with van der Waals surface area (Å²) in [5, 5.41) is 3.64. The van der Waals surface area contributed by atoms with E-state index in [2.05, 4.69) is 288 Å². The van der Waals surface area contributed by atoms with Gasteiger partial charge >= 0.3 is 0 Å². The van der Waals surface area contributed by atoms with Gasteiger partial charge < -0.3 is 29.1 Å². The van der Waals surface area contributed by atoms with E-state index in [1.165, 1.54) is 105 Å². The number of anilines is 4. The van der Waals surface area contributed by atoms with Gasteiger partial charge in [0.05, 0.1) is 32.8 Å². The summed E-state index contributed by atoms with van der Waals surface area (Å²) in [7, 11) is 0. The number of benzene rings is 6. The van der Waals surface area contributed by atoms with E-state index in [0.717, 1.165) is 121 Å². The van der Waals surface area contributed by atoms with Gasteiger partial charge in [-0.2, -0.15) is 9.13 Å². The van der Waals surface area contributed by atoms with E-state index in [4.69, 9.17) is 9.47 Å². The van der Waals surface area contributed by atoms with Gasteiger partial charge in [-0.15, -0.1) is 19.7 Å². The minimum atomic E-state index is -0.664. The molecule has 14 rings (SSSR count). The molecule has 0 spiro atoms. The summed E-state index contributed by atoms with van der Waals surface area (Å²) in [4.78, 5) is 14.9. The monoisotopic (exact) mass is 1430 g/mol. The van der Waals surface area contributed by atoms with E-state index in [1.807, 2.05) is 87.9 Å². The van der Waals surface area contributed by atoms with Crippen LogP contribution in [0.4, 0.5) is 22.7 Å². The molecule has 14 heteroatoms. The Kier molecular flexibility index (Phi) is 22.0. The highest BCUT2D eigenvalue weighted by atomic mass is 32.2. The molecule has 8 aromatic rings. The van der Waals surface area contributed by atoms with Crippen molar-refractivity contribution in [3.63, 3.8) is 0 Å². The second-order valence-corrected chi connectivity index (χ2v) is 32.8. The number of hydrogen-bond acceptors (Lipinski definition) is 12. The lowest BCUT2D eigenvalue weighted by atomic mass is 9.92. The highest BCUT2D eigenvalue weighted by molar-refractivity contribution is 8.04. The normalized spacial score (nSPS) is 20.8. The predicted octanol–water partition coefficient (Wildman–Crippen LogP) is 23.3. The van der Waals surface area contributed by atoms with Gasteiger partial charge in [-0.3, -0.25) is 0 Å². The van der Waals surface area contributed by atoms with Crippen LogP contribution >= 0.6 is 69.7 Å². The first-order valence-electron chi connectivity index (χ1n) is 35.3.